The van der Waals surface area contributed by atoms with Gasteiger partial charge >= 0.3 is 6.09 Å². The van der Waals surface area contributed by atoms with E-state index >= 15 is 0 Å². The minimum Gasteiger partial charge on any atom is -0.480 e. The highest BCUT2D eigenvalue weighted by Crippen LogP contribution is 2.15. The Bertz CT molecular complexity index is 529. The van der Waals surface area contributed by atoms with Gasteiger partial charge in [-0.05, 0) is 20.8 Å². The molecule has 0 aromatic carbocycles. The van der Waals surface area contributed by atoms with Crippen LogP contribution in [0.25, 0.3) is 0 Å². The number of Topliss-reactive ketones (excluding diaryl/α,β-unsaturated/α-hetero) is 1. The van der Waals surface area contributed by atoms with E-state index in [9.17, 15) is 9.59 Å². The summed E-state index contributed by atoms with van der Waals surface area (Å²) in [6.45, 7) is 5.03. The molecule has 0 unspecified atom stereocenters. The highest BCUT2D eigenvalue weighted by molar-refractivity contribution is 6.30. The molecule has 0 aliphatic heterocycles. The number of ether oxygens (including phenoxy) is 2. The van der Waals surface area contributed by atoms with E-state index in [2.05, 4.69) is 15.3 Å². The SMILES string of the molecule is COc1cnc(Cl)c(CC(=O)CNC(=O)OC(C)(C)C)n1. The average Bonchev–Trinajstić information content (AvgIpc) is 2.37. The van der Waals surface area contributed by atoms with Crippen molar-refractivity contribution >= 4 is 23.5 Å². The van der Waals surface area contributed by atoms with Gasteiger partial charge in [0.2, 0.25) is 5.88 Å². The number of methoxy groups -OCH3 is 1. The molecule has 0 saturated carbocycles. The third-order valence-electron chi connectivity index (χ3n) is 2.17. The number of rotatable bonds is 5. The Labute approximate surface area is 128 Å². The van der Waals surface area contributed by atoms with Crippen molar-refractivity contribution in [1.82, 2.24) is 15.3 Å². The van der Waals surface area contributed by atoms with Gasteiger partial charge in [-0.3, -0.25) is 4.79 Å². The summed E-state index contributed by atoms with van der Waals surface area (Å²) in [4.78, 5) is 31.1. The molecule has 0 saturated heterocycles. The molecular weight excluding hydrogens is 298 g/mol. The summed E-state index contributed by atoms with van der Waals surface area (Å²) < 4.78 is 9.93. The third-order valence-corrected chi connectivity index (χ3v) is 2.49. The van der Waals surface area contributed by atoms with Crippen molar-refractivity contribution in [1.29, 1.82) is 0 Å². The Hall–Kier alpha value is -1.89. The van der Waals surface area contributed by atoms with Gasteiger partial charge < -0.3 is 14.8 Å². The van der Waals surface area contributed by atoms with Crippen LogP contribution < -0.4 is 10.1 Å². The number of carbonyl (C=O) groups is 2. The van der Waals surface area contributed by atoms with Crippen LogP contribution in [0.1, 0.15) is 26.5 Å². The van der Waals surface area contributed by atoms with E-state index in [1.807, 2.05) is 0 Å². The van der Waals surface area contributed by atoms with E-state index in [0.717, 1.165) is 0 Å². The Balaban J connectivity index is 2.53. The molecule has 21 heavy (non-hydrogen) atoms. The molecule has 8 heteroatoms. The van der Waals surface area contributed by atoms with Crippen molar-refractivity contribution in [3.63, 3.8) is 0 Å². The standard InChI is InChI=1S/C13H18ClN3O4/c1-13(2,3)21-12(19)16-6-8(18)5-9-11(14)15-7-10(17-9)20-4/h7H,5-6H2,1-4H3,(H,16,19). The molecule has 1 N–H and O–H groups in total. The number of nitrogens with zero attached hydrogens (tertiary/aromatic N) is 2. The molecule has 1 rings (SSSR count). The largest absolute Gasteiger partial charge is 0.480 e. The monoisotopic (exact) mass is 315 g/mol. The van der Waals surface area contributed by atoms with Crippen molar-refractivity contribution in [3.8, 4) is 5.88 Å². The molecular formula is C13H18ClN3O4. The van der Waals surface area contributed by atoms with Crippen molar-refractivity contribution < 1.29 is 19.1 Å². The predicted molar refractivity (Wildman–Crippen MR) is 76.5 cm³/mol. The summed E-state index contributed by atoms with van der Waals surface area (Å²) in [7, 11) is 1.44. The third kappa shape index (κ3) is 6.40. The van der Waals surface area contributed by atoms with E-state index in [1.54, 1.807) is 20.8 Å². The number of nitrogens with one attached hydrogen (secondary N) is 1. The second kappa shape index (κ2) is 7.21. The van der Waals surface area contributed by atoms with Gasteiger partial charge in [0.25, 0.3) is 0 Å². The maximum Gasteiger partial charge on any atom is 0.408 e. The molecule has 0 spiro atoms. The molecule has 0 bridgehead atoms. The highest BCUT2D eigenvalue weighted by Gasteiger charge is 2.17. The minimum absolute atomic E-state index is 0.0567. The fourth-order valence-corrected chi connectivity index (χ4v) is 1.50. The Morgan fingerprint density at radius 3 is 2.62 bits per heavy atom. The summed E-state index contributed by atoms with van der Waals surface area (Å²) in [6.07, 6.45) is 0.646. The van der Waals surface area contributed by atoms with Crippen LogP contribution in [0.4, 0.5) is 4.79 Å². The van der Waals surface area contributed by atoms with Crippen LogP contribution in [-0.2, 0) is 16.0 Å². The van der Waals surface area contributed by atoms with Gasteiger partial charge in [0.15, 0.2) is 10.9 Å². The molecule has 7 nitrogen and oxygen atoms in total. The fraction of sp³-hybridized carbons (Fsp3) is 0.538. The Morgan fingerprint density at radius 1 is 1.38 bits per heavy atom. The van der Waals surface area contributed by atoms with Crippen LogP contribution in [0, 0.1) is 0 Å². The summed E-state index contributed by atoms with van der Waals surface area (Å²) >= 11 is 5.85. The first-order valence-corrected chi connectivity index (χ1v) is 6.63. The molecule has 1 heterocycles. The van der Waals surface area contributed by atoms with Gasteiger partial charge in [0.05, 0.1) is 32.0 Å². The van der Waals surface area contributed by atoms with Crippen molar-refractivity contribution in [2.24, 2.45) is 0 Å². The second-order valence-corrected chi connectivity index (χ2v) is 5.58. The van der Waals surface area contributed by atoms with E-state index in [0.29, 0.717) is 5.69 Å². The van der Waals surface area contributed by atoms with Crippen LogP contribution in [0.3, 0.4) is 0 Å². The van der Waals surface area contributed by atoms with Crippen LogP contribution >= 0.6 is 11.6 Å². The summed E-state index contributed by atoms with van der Waals surface area (Å²) in [5.41, 5.74) is -0.318. The fourth-order valence-electron chi connectivity index (χ4n) is 1.34. The number of halogens is 1. The van der Waals surface area contributed by atoms with Crippen LogP contribution in [0.2, 0.25) is 5.15 Å². The number of amides is 1. The van der Waals surface area contributed by atoms with Gasteiger partial charge in [0, 0.05) is 0 Å². The zero-order valence-corrected chi connectivity index (χ0v) is 13.2. The summed E-state index contributed by atoms with van der Waals surface area (Å²) in [5, 5.41) is 2.50. The molecule has 0 atom stereocenters. The minimum atomic E-state index is -0.654. The number of ketones is 1. The van der Waals surface area contributed by atoms with Gasteiger partial charge in [-0.1, -0.05) is 11.6 Å². The molecule has 1 aromatic rings. The highest BCUT2D eigenvalue weighted by atomic mass is 35.5. The van der Waals surface area contributed by atoms with Crippen molar-refractivity contribution in [2.75, 3.05) is 13.7 Å². The molecule has 0 aliphatic carbocycles. The van der Waals surface area contributed by atoms with Gasteiger partial charge in [-0.2, -0.15) is 0 Å². The second-order valence-electron chi connectivity index (χ2n) is 5.22. The number of carbonyl (C=O) groups excluding carboxylic acids is 2. The van der Waals surface area contributed by atoms with E-state index in [-0.39, 0.29) is 29.8 Å². The number of hydrogen-bond acceptors (Lipinski definition) is 6. The van der Waals surface area contributed by atoms with E-state index in [4.69, 9.17) is 21.1 Å². The van der Waals surface area contributed by atoms with Crippen molar-refractivity contribution in [3.05, 3.63) is 17.0 Å². The van der Waals surface area contributed by atoms with Gasteiger partial charge in [-0.15, -0.1) is 0 Å². The van der Waals surface area contributed by atoms with Crippen LogP contribution in [-0.4, -0.2) is 41.1 Å². The lowest BCUT2D eigenvalue weighted by atomic mass is 10.2. The zero-order chi connectivity index (χ0) is 16.0. The number of aromatic nitrogens is 2. The first kappa shape index (κ1) is 17.2. The lowest BCUT2D eigenvalue weighted by Crippen LogP contribution is -2.36. The maximum atomic E-state index is 11.8. The lowest BCUT2D eigenvalue weighted by molar-refractivity contribution is -0.117. The maximum absolute atomic E-state index is 11.8. The molecule has 0 radical (unpaired) electrons. The zero-order valence-electron chi connectivity index (χ0n) is 12.4. The van der Waals surface area contributed by atoms with E-state index in [1.165, 1.54) is 13.3 Å². The molecule has 0 aliphatic rings. The Kier molecular flexibility index (Phi) is 5.90. The first-order chi connectivity index (χ1) is 9.71. The first-order valence-electron chi connectivity index (χ1n) is 6.25. The predicted octanol–water partition coefficient (Wildman–Crippen LogP) is 1.77. The van der Waals surface area contributed by atoms with Crippen LogP contribution in [0.5, 0.6) is 5.88 Å². The molecule has 1 amide bonds. The molecule has 1 aromatic heterocycles. The van der Waals surface area contributed by atoms with Gasteiger partial charge in [-0.25, -0.2) is 14.8 Å². The number of alkyl carbamates (subject to hydrolysis) is 1. The number of hydrogen-bond donors (Lipinski definition) is 1. The average molecular weight is 316 g/mol. The van der Waals surface area contributed by atoms with Crippen molar-refractivity contribution in [2.45, 2.75) is 32.8 Å². The summed E-state index contributed by atoms with van der Waals surface area (Å²) in [5.74, 6) is -0.00684. The lowest BCUT2D eigenvalue weighted by Gasteiger charge is -2.19. The normalized spacial score (nSPS) is 10.9. The molecule has 116 valence electrons. The smallest absolute Gasteiger partial charge is 0.408 e. The Morgan fingerprint density at radius 2 is 2.05 bits per heavy atom. The summed E-state index contributed by atoms with van der Waals surface area (Å²) in [6, 6.07) is 0. The topological polar surface area (TPSA) is 90.4 Å². The van der Waals surface area contributed by atoms with Gasteiger partial charge in [0.1, 0.15) is 5.60 Å². The van der Waals surface area contributed by atoms with Crippen LogP contribution in [0.15, 0.2) is 6.20 Å². The van der Waals surface area contributed by atoms with E-state index < -0.39 is 11.7 Å². The quantitative estimate of drug-likeness (QED) is 0.890. The molecule has 0 fully saturated rings.